The normalized spacial score (nSPS) is 10.9. The van der Waals surface area contributed by atoms with Gasteiger partial charge < -0.3 is 4.42 Å². The summed E-state index contributed by atoms with van der Waals surface area (Å²) in [6.45, 7) is 4.28. The van der Waals surface area contributed by atoms with E-state index in [1.54, 1.807) is 11.0 Å². The summed E-state index contributed by atoms with van der Waals surface area (Å²) >= 11 is 5.98. The number of halogens is 1. The largest absolute Gasteiger partial charge is 0.441 e. The molecular weight excluding hydrogens is 276 g/mol. The van der Waals surface area contributed by atoms with Crippen LogP contribution in [-0.4, -0.2) is 19.7 Å². The van der Waals surface area contributed by atoms with Gasteiger partial charge in [0.25, 0.3) is 0 Å². The van der Waals surface area contributed by atoms with Gasteiger partial charge in [-0.3, -0.25) is 0 Å². The molecule has 1 aromatic carbocycles. The van der Waals surface area contributed by atoms with Crippen LogP contribution in [0.2, 0.25) is 5.02 Å². The minimum atomic E-state index is 0.538. The van der Waals surface area contributed by atoms with E-state index < -0.39 is 0 Å². The first kappa shape index (κ1) is 12.9. The lowest BCUT2D eigenvalue weighted by atomic mass is 10.2. The molecule has 0 bridgehead atoms. The Morgan fingerprint density at radius 2 is 2.15 bits per heavy atom. The molecule has 0 aliphatic rings. The zero-order chi connectivity index (χ0) is 14.1. The second-order valence-corrected chi connectivity index (χ2v) is 4.96. The summed E-state index contributed by atoms with van der Waals surface area (Å²) in [4.78, 5) is 8.61. The Balaban J connectivity index is 1.91. The van der Waals surface area contributed by atoms with Crippen molar-refractivity contribution in [2.45, 2.75) is 20.4 Å². The summed E-state index contributed by atoms with van der Waals surface area (Å²) in [5, 5.41) is 4.91. The number of aryl methyl sites for hydroxylation is 2. The van der Waals surface area contributed by atoms with Gasteiger partial charge in [0.05, 0.1) is 6.54 Å². The summed E-state index contributed by atoms with van der Waals surface area (Å²) in [6.07, 6.45) is 1.68. The molecule has 0 fully saturated rings. The van der Waals surface area contributed by atoms with Crippen LogP contribution in [0.15, 0.2) is 35.0 Å². The van der Waals surface area contributed by atoms with Gasteiger partial charge in [0, 0.05) is 10.6 Å². The Kier molecular flexibility index (Phi) is 3.28. The van der Waals surface area contributed by atoms with E-state index in [2.05, 4.69) is 15.1 Å². The van der Waals surface area contributed by atoms with Crippen LogP contribution in [0.1, 0.15) is 17.3 Å². The highest BCUT2D eigenvalue weighted by molar-refractivity contribution is 6.30. The molecular formula is C14H13ClN4O. The SMILES string of the molecule is Cc1ncn(Cc2nc(-c3cccc(Cl)c3)oc2C)n1. The zero-order valence-corrected chi connectivity index (χ0v) is 11.9. The van der Waals surface area contributed by atoms with Crippen molar-refractivity contribution in [3.05, 3.63) is 52.9 Å². The summed E-state index contributed by atoms with van der Waals surface area (Å²) in [5.74, 6) is 2.08. The van der Waals surface area contributed by atoms with Crippen LogP contribution in [0.25, 0.3) is 11.5 Å². The number of rotatable bonds is 3. The van der Waals surface area contributed by atoms with E-state index >= 15 is 0 Å². The first-order chi connectivity index (χ1) is 9.61. The predicted molar refractivity (Wildman–Crippen MR) is 75.5 cm³/mol. The third-order valence-corrected chi connectivity index (χ3v) is 3.16. The van der Waals surface area contributed by atoms with E-state index in [-0.39, 0.29) is 0 Å². The van der Waals surface area contributed by atoms with Crippen LogP contribution in [-0.2, 0) is 6.54 Å². The molecule has 0 atom stereocenters. The molecule has 2 heterocycles. The lowest BCUT2D eigenvalue weighted by molar-refractivity contribution is 0.535. The number of hydrogen-bond donors (Lipinski definition) is 0. The molecule has 3 rings (SSSR count). The Morgan fingerprint density at radius 3 is 2.85 bits per heavy atom. The summed E-state index contributed by atoms with van der Waals surface area (Å²) in [7, 11) is 0. The van der Waals surface area contributed by atoms with Crippen LogP contribution in [0, 0.1) is 13.8 Å². The molecule has 3 aromatic rings. The Bertz CT molecular complexity index is 747. The minimum Gasteiger partial charge on any atom is -0.441 e. The van der Waals surface area contributed by atoms with Crippen molar-refractivity contribution in [3.63, 3.8) is 0 Å². The van der Waals surface area contributed by atoms with Crippen LogP contribution >= 0.6 is 11.6 Å². The van der Waals surface area contributed by atoms with Gasteiger partial charge in [-0.2, -0.15) is 5.10 Å². The first-order valence-electron chi connectivity index (χ1n) is 6.20. The number of oxazole rings is 1. The van der Waals surface area contributed by atoms with Crippen LogP contribution in [0.5, 0.6) is 0 Å². The Morgan fingerprint density at radius 1 is 1.30 bits per heavy atom. The Labute approximate surface area is 121 Å². The molecule has 0 saturated carbocycles. The van der Waals surface area contributed by atoms with Crippen molar-refractivity contribution in [1.29, 1.82) is 0 Å². The second-order valence-electron chi connectivity index (χ2n) is 4.52. The van der Waals surface area contributed by atoms with E-state index in [0.29, 0.717) is 17.5 Å². The van der Waals surface area contributed by atoms with Crippen molar-refractivity contribution >= 4 is 11.6 Å². The van der Waals surface area contributed by atoms with Crippen molar-refractivity contribution in [2.24, 2.45) is 0 Å². The quantitative estimate of drug-likeness (QED) is 0.742. The average Bonchev–Trinajstić information content (AvgIpc) is 2.97. The highest BCUT2D eigenvalue weighted by atomic mass is 35.5. The molecule has 6 heteroatoms. The molecule has 2 aromatic heterocycles. The first-order valence-corrected chi connectivity index (χ1v) is 6.58. The molecule has 0 aliphatic carbocycles. The molecule has 0 amide bonds. The van der Waals surface area contributed by atoms with Gasteiger partial charge in [-0.25, -0.2) is 14.6 Å². The van der Waals surface area contributed by atoms with Gasteiger partial charge >= 0.3 is 0 Å². The molecule has 0 aliphatic heterocycles. The topological polar surface area (TPSA) is 56.7 Å². The fourth-order valence-corrected chi connectivity index (χ4v) is 2.13. The number of hydrogen-bond acceptors (Lipinski definition) is 4. The standard InChI is InChI=1S/C14H13ClN4O/c1-9-13(7-19-8-16-10(2)18-19)17-14(20-9)11-4-3-5-12(15)6-11/h3-6,8H,7H2,1-2H3. The van der Waals surface area contributed by atoms with E-state index in [1.165, 1.54) is 0 Å². The lowest BCUT2D eigenvalue weighted by Gasteiger charge is -1.96. The predicted octanol–water partition coefficient (Wildman–Crippen LogP) is 3.25. The van der Waals surface area contributed by atoms with Crippen molar-refractivity contribution in [1.82, 2.24) is 19.7 Å². The maximum Gasteiger partial charge on any atom is 0.226 e. The van der Waals surface area contributed by atoms with Crippen LogP contribution in [0.4, 0.5) is 0 Å². The molecule has 0 radical (unpaired) electrons. The molecule has 0 N–H and O–H groups in total. The van der Waals surface area contributed by atoms with Gasteiger partial charge in [0.1, 0.15) is 23.6 Å². The fraction of sp³-hybridized carbons (Fsp3) is 0.214. The summed E-state index contributed by atoms with van der Waals surface area (Å²) in [6, 6.07) is 7.44. The van der Waals surface area contributed by atoms with Crippen LogP contribution in [0.3, 0.4) is 0 Å². The monoisotopic (exact) mass is 288 g/mol. The van der Waals surface area contributed by atoms with E-state index in [0.717, 1.165) is 22.8 Å². The average molecular weight is 289 g/mol. The zero-order valence-electron chi connectivity index (χ0n) is 11.2. The van der Waals surface area contributed by atoms with Gasteiger partial charge in [-0.15, -0.1) is 0 Å². The minimum absolute atomic E-state index is 0.538. The third-order valence-electron chi connectivity index (χ3n) is 2.93. The lowest BCUT2D eigenvalue weighted by Crippen LogP contribution is -2.02. The van der Waals surface area contributed by atoms with Crippen LogP contribution < -0.4 is 0 Å². The van der Waals surface area contributed by atoms with Gasteiger partial charge in [0.2, 0.25) is 5.89 Å². The molecule has 0 saturated heterocycles. The fourth-order valence-electron chi connectivity index (χ4n) is 1.94. The van der Waals surface area contributed by atoms with Gasteiger partial charge in [-0.05, 0) is 32.0 Å². The Hall–Kier alpha value is -2.14. The summed E-state index contributed by atoms with van der Waals surface area (Å²) in [5.41, 5.74) is 1.70. The smallest absolute Gasteiger partial charge is 0.226 e. The summed E-state index contributed by atoms with van der Waals surface area (Å²) < 4.78 is 7.44. The highest BCUT2D eigenvalue weighted by Crippen LogP contribution is 2.24. The third kappa shape index (κ3) is 2.58. The van der Waals surface area contributed by atoms with E-state index in [1.807, 2.05) is 38.1 Å². The molecule has 0 spiro atoms. The molecule has 20 heavy (non-hydrogen) atoms. The molecule has 102 valence electrons. The number of benzene rings is 1. The number of nitrogens with zero attached hydrogens (tertiary/aromatic N) is 4. The van der Waals surface area contributed by atoms with E-state index in [4.69, 9.17) is 16.0 Å². The van der Waals surface area contributed by atoms with Gasteiger partial charge in [-0.1, -0.05) is 17.7 Å². The number of aromatic nitrogens is 4. The van der Waals surface area contributed by atoms with E-state index in [9.17, 15) is 0 Å². The molecule has 0 unspecified atom stereocenters. The highest BCUT2D eigenvalue weighted by Gasteiger charge is 2.12. The van der Waals surface area contributed by atoms with Crippen molar-refractivity contribution < 1.29 is 4.42 Å². The second kappa shape index (κ2) is 5.09. The van der Waals surface area contributed by atoms with Crippen molar-refractivity contribution in [2.75, 3.05) is 0 Å². The molecule has 5 nitrogen and oxygen atoms in total. The van der Waals surface area contributed by atoms with Crippen molar-refractivity contribution in [3.8, 4) is 11.5 Å². The maximum absolute atomic E-state index is 5.98. The maximum atomic E-state index is 5.98. The van der Waals surface area contributed by atoms with Gasteiger partial charge in [0.15, 0.2) is 0 Å².